The van der Waals surface area contributed by atoms with Crippen LogP contribution in [-0.4, -0.2) is 11.5 Å². The highest BCUT2D eigenvalue weighted by Gasteiger charge is 2.14. The van der Waals surface area contributed by atoms with Gasteiger partial charge in [0.1, 0.15) is 5.70 Å². The van der Waals surface area contributed by atoms with Crippen LogP contribution in [0.2, 0.25) is 5.02 Å². The Hall–Kier alpha value is -1.23. The fourth-order valence-electron chi connectivity index (χ4n) is 2.19. The third-order valence-corrected chi connectivity index (χ3v) is 6.51. The van der Waals surface area contributed by atoms with Crippen molar-refractivity contribution in [1.29, 1.82) is 0 Å². The topological polar surface area (TPSA) is 24.7 Å². The molecule has 1 fully saturated rings. The maximum Gasteiger partial charge on any atom is 0.113 e. The van der Waals surface area contributed by atoms with Gasteiger partial charge in [-0.2, -0.15) is 5.11 Å². The van der Waals surface area contributed by atoms with E-state index in [0.29, 0.717) is 0 Å². The normalized spacial score (nSPS) is 15.1. The molecule has 3 rings (SSSR count). The lowest BCUT2D eigenvalue weighted by Gasteiger charge is -2.15. The van der Waals surface area contributed by atoms with E-state index < -0.39 is 0 Å². The van der Waals surface area contributed by atoms with Gasteiger partial charge in [-0.1, -0.05) is 48.0 Å². The molecule has 0 spiro atoms. The number of benzene rings is 2. The van der Waals surface area contributed by atoms with Gasteiger partial charge in [0.15, 0.2) is 0 Å². The Morgan fingerprint density at radius 2 is 1.74 bits per heavy atom. The van der Waals surface area contributed by atoms with Crippen molar-refractivity contribution in [3.05, 3.63) is 68.9 Å². The molecule has 0 aliphatic carbocycles. The predicted molar refractivity (Wildman–Crippen MR) is 104 cm³/mol. The molecule has 118 valence electrons. The van der Waals surface area contributed by atoms with Gasteiger partial charge in [-0.25, -0.2) is 0 Å². The van der Waals surface area contributed by atoms with Crippen molar-refractivity contribution in [2.24, 2.45) is 10.2 Å². The van der Waals surface area contributed by atoms with Gasteiger partial charge in [0.2, 0.25) is 0 Å². The van der Waals surface area contributed by atoms with Crippen molar-refractivity contribution in [3.63, 3.8) is 0 Å². The Morgan fingerprint density at radius 1 is 1.00 bits per heavy atom. The molecule has 0 N–H and O–H groups in total. The van der Waals surface area contributed by atoms with Crippen LogP contribution in [0.1, 0.15) is 17.5 Å². The third kappa shape index (κ3) is 4.19. The fourth-order valence-corrected chi connectivity index (χ4v) is 4.91. The minimum atomic E-state index is 0.719. The molecular formula is C18H17ClN2S2. The highest BCUT2D eigenvalue weighted by Crippen LogP contribution is 2.41. The van der Waals surface area contributed by atoms with Crippen molar-refractivity contribution in [3.8, 4) is 0 Å². The highest BCUT2D eigenvalue weighted by atomic mass is 35.5. The first kappa shape index (κ1) is 16.6. The Morgan fingerprint density at radius 3 is 2.48 bits per heavy atom. The Balaban J connectivity index is 1.99. The summed E-state index contributed by atoms with van der Waals surface area (Å²) in [5, 5.41) is 9.79. The van der Waals surface area contributed by atoms with Crippen LogP contribution >= 0.6 is 35.1 Å². The molecule has 1 aliphatic heterocycles. The van der Waals surface area contributed by atoms with Crippen molar-refractivity contribution in [2.75, 3.05) is 11.5 Å². The van der Waals surface area contributed by atoms with E-state index in [4.69, 9.17) is 11.6 Å². The first-order chi connectivity index (χ1) is 11.3. The zero-order valence-corrected chi connectivity index (χ0v) is 15.2. The molecule has 2 nitrogen and oxygen atoms in total. The first-order valence-corrected chi connectivity index (χ1v) is 9.83. The average Bonchev–Trinajstić information content (AvgIpc) is 2.60. The van der Waals surface area contributed by atoms with Crippen LogP contribution in [0, 0.1) is 6.92 Å². The van der Waals surface area contributed by atoms with Crippen LogP contribution in [0.4, 0.5) is 5.69 Å². The molecule has 2 aromatic carbocycles. The molecule has 5 heteroatoms. The zero-order valence-electron chi connectivity index (χ0n) is 12.8. The Bertz CT molecular complexity index is 734. The standard InChI is InChI=1S/C18H17ClN2S2/c1-13-15(19)9-5-10-16(13)20-21-17(14-7-3-2-4-8-14)18-22-11-6-12-23-18/h2-5,7-10H,6,11-12H2,1H3. The summed E-state index contributed by atoms with van der Waals surface area (Å²) in [7, 11) is 0. The van der Waals surface area contributed by atoms with E-state index in [-0.39, 0.29) is 0 Å². The maximum atomic E-state index is 6.17. The summed E-state index contributed by atoms with van der Waals surface area (Å²) in [6, 6.07) is 16.0. The van der Waals surface area contributed by atoms with Crippen LogP contribution in [-0.2, 0) is 0 Å². The lowest BCUT2D eigenvalue weighted by Crippen LogP contribution is -1.94. The van der Waals surface area contributed by atoms with E-state index in [9.17, 15) is 0 Å². The second-order valence-corrected chi connectivity index (χ2v) is 8.01. The minimum absolute atomic E-state index is 0.719. The minimum Gasteiger partial charge on any atom is -0.150 e. The quantitative estimate of drug-likeness (QED) is 0.554. The number of thioether (sulfide) groups is 2. The van der Waals surface area contributed by atoms with E-state index in [1.54, 1.807) is 0 Å². The van der Waals surface area contributed by atoms with E-state index in [1.165, 1.54) is 10.7 Å². The first-order valence-electron chi connectivity index (χ1n) is 7.48. The van der Waals surface area contributed by atoms with Crippen LogP contribution in [0.5, 0.6) is 0 Å². The largest absolute Gasteiger partial charge is 0.150 e. The molecule has 0 saturated carbocycles. The van der Waals surface area contributed by atoms with Crippen LogP contribution in [0.15, 0.2) is 63.0 Å². The number of hydrogen-bond donors (Lipinski definition) is 0. The third-order valence-electron chi connectivity index (χ3n) is 3.49. The zero-order chi connectivity index (χ0) is 16.1. The summed E-state index contributed by atoms with van der Waals surface area (Å²) in [6.45, 7) is 1.97. The van der Waals surface area contributed by atoms with Gasteiger partial charge in [0.25, 0.3) is 0 Å². The summed E-state index contributed by atoms with van der Waals surface area (Å²) in [6.07, 6.45) is 1.24. The van der Waals surface area contributed by atoms with Gasteiger partial charge in [0.05, 0.1) is 9.92 Å². The van der Waals surface area contributed by atoms with E-state index in [0.717, 1.165) is 39.0 Å². The summed E-state index contributed by atoms with van der Waals surface area (Å²) in [5.74, 6) is 2.29. The molecule has 2 aromatic rings. The Labute approximate surface area is 150 Å². The van der Waals surface area contributed by atoms with Gasteiger partial charge in [-0.3, -0.25) is 0 Å². The second-order valence-electron chi connectivity index (χ2n) is 5.14. The summed E-state index contributed by atoms with van der Waals surface area (Å²) >= 11 is 9.92. The number of rotatable bonds is 3. The van der Waals surface area contributed by atoms with Crippen LogP contribution < -0.4 is 0 Å². The molecule has 0 bridgehead atoms. The van der Waals surface area contributed by atoms with Crippen LogP contribution in [0.3, 0.4) is 0 Å². The number of halogens is 1. The molecule has 23 heavy (non-hydrogen) atoms. The molecule has 0 unspecified atom stereocenters. The second kappa shape index (κ2) is 8.04. The molecule has 0 aromatic heterocycles. The van der Waals surface area contributed by atoms with Crippen molar-refractivity contribution in [1.82, 2.24) is 0 Å². The number of nitrogens with zero attached hydrogens (tertiary/aromatic N) is 2. The highest BCUT2D eigenvalue weighted by molar-refractivity contribution is 8.23. The van der Waals surface area contributed by atoms with Crippen molar-refractivity contribution < 1.29 is 0 Å². The monoisotopic (exact) mass is 360 g/mol. The van der Waals surface area contributed by atoms with E-state index >= 15 is 0 Å². The van der Waals surface area contributed by atoms with Gasteiger partial charge in [0, 0.05) is 10.6 Å². The van der Waals surface area contributed by atoms with Gasteiger partial charge < -0.3 is 0 Å². The molecule has 0 atom stereocenters. The fraction of sp³-hybridized carbons (Fsp3) is 0.222. The number of azo groups is 1. The predicted octanol–water partition coefficient (Wildman–Crippen LogP) is 6.93. The SMILES string of the molecule is Cc1c(Cl)cccc1N=NC(=C1SCCCS1)c1ccccc1. The van der Waals surface area contributed by atoms with Crippen molar-refractivity contribution >= 4 is 46.5 Å². The summed E-state index contributed by atoms with van der Waals surface area (Å²) in [5.41, 5.74) is 3.84. The van der Waals surface area contributed by atoms with E-state index in [1.807, 2.05) is 66.8 Å². The van der Waals surface area contributed by atoms with Crippen LogP contribution in [0.25, 0.3) is 5.70 Å². The molecular weight excluding hydrogens is 344 g/mol. The molecule has 1 heterocycles. The van der Waals surface area contributed by atoms with Gasteiger partial charge >= 0.3 is 0 Å². The maximum absolute atomic E-state index is 6.17. The Kier molecular flexibility index (Phi) is 5.81. The molecule has 1 saturated heterocycles. The van der Waals surface area contributed by atoms with Gasteiger partial charge in [-0.15, -0.1) is 28.6 Å². The smallest absolute Gasteiger partial charge is 0.113 e. The van der Waals surface area contributed by atoms with Gasteiger partial charge in [-0.05, 0) is 42.5 Å². The molecule has 0 radical (unpaired) electrons. The lowest BCUT2D eigenvalue weighted by atomic mass is 10.2. The molecule has 1 aliphatic rings. The summed E-state index contributed by atoms with van der Waals surface area (Å²) < 4.78 is 1.26. The lowest BCUT2D eigenvalue weighted by molar-refractivity contribution is 1.12. The molecule has 0 amide bonds. The van der Waals surface area contributed by atoms with E-state index in [2.05, 4.69) is 22.4 Å². The summed E-state index contributed by atoms with van der Waals surface area (Å²) in [4.78, 5) is 0. The number of hydrogen-bond acceptors (Lipinski definition) is 4. The average molecular weight is 361 g/mol. The van der Waals surface area contributed by atoms with Crippen molar-refractivity contribution in [2.45, 2.75) is 13.3 Å².